The molecule has 2 aromatic carbocycles. The molecule has 2 rings (SSSR count). The van der Waals surface area contributed by atoms with Crippen LogP contribution in [0.2, 0.25) is 0 Å². The second-order valence-electron chi connectivity index (χ2n) is 3.29. The van der Waals surface area contributed by atoms with Crippen molar-refractivity contribution in [1.29, 1.82) is 0 Å². The van der Waals surface area contributed by atoms with E-state index in [-0.39, 0.29) is 0 Å². The molecule has 0 aliphatic rings. The summed E-state index contributed by atoms with van der Waals surface area (Å²) >= 11 is -4.01. The van der Waals surface area contributed by atoms with Crippen LogP contribution in [0.3, 0.4) is 0 Å². The van der Waals surface area contributed by atoms with Gasteiger partial charge in [0.05, 0.1) is 0 Å². The van der Waals surface area contributed by atoms with Crippen LogP contribution in [0.25, 0.3) is 0 Å². The van der Waals surface area contributed by atoms with E-state index in [1.807, 2.05) is 36.4 Å². The van der Waals surface area contributed by atoms with Crippen molar-refractivity contribution in [2.75, 3.05) is 0 Å². The zero-order valence-electron chi connectivity index (χ0n) is 8.85. The number of benzene rings is 2. The van der Waals surface area contributed by atoms with Gasteiger partial charge in [-0.1, -0.05) is 0 Å². The Bertz CT molecular complexity index is 419. The van der Waals surface area contributed by atoms with Gasteiger partial charge in [0.25, 0.3) is 0 Å². The van der Waals surface area contributed by atoms with Gasteiger partial charge < -0.3 is 0 Å². The van der Waals surface area contributed by atoms with Crippen LogP contribution in [0, 0.1) is 0 Å². The van der Waals surface area contributed by atoms with Gasteiger partial charge in [-0.05, 0) is 0 Å². The minimum atomic E-state index is -4.01. The summed E-state index contributed by atoms with van der Waals surface area (Å²) in [4.78, 5) is 0. The maximum atomic E-state index is 6.14. The fourth-order valence-corrected chi connectivity index (χ4v) is 5.50. The van der Waals surface area contributed by atoms with E-state index >= 15 is 0 Å². The van der Waals surface area contributed by atoms with Gasteiger partial charge in [-0.15, -0.1) is 0 Å². The van der Waals surface area contributed by atoms with Gasteiger partial charge in [0.2, 0.25) is 0 Å². The molecule has 0 radical (unpaired) electrons. The van der Waals surface area contributed by atoms with Crippen molar-refractivity contribution < 1.29 is 24.4 Å². The molecule has 0 aromatic heterocycles. The molecule has 0 saturated carbocycles. The fraction of sp³-hybridized carbons (Fsp3) is 0. The normalized spacial score (nSPS) is 10.9. The topological polar surface area (TPSA) is 18.5 Å². The number of para-hydroxylation sites is 2. The predicted molar refractivity (Wildman–Crippen MR) is 65.8 cm³/mol. The average molecular weight is 348 g/mol. The standard InChI is InChI=1S/2C6H6O.2ClH.Zr/c2*7-6-4-2-1-3-5-6;;;/h2*1-5,7H;2*1H;/q;;;;+4/p-4. The Hall–Kier alpha value is -0.497. The monoisotopic (exact) mass is 346 g/mol. The SMILES string of the molecule is [Cl][Zr]([Cl])([O]c1ccccc1)[O]c1ccccc1. The van der Waals surface area contributed by atoms with Crippen LogP contribution in [-0.2, 0) is 18.8 Å². The molecule has 0 saturated heterocycles. The molecule has 0 N–H and O–H groups in total. The van der Waals surface area contributed by atoms with Crippen LogP contribution in [0.4, 0.5) is 0 Å². The second-order valence-corrected chi connectivity index (χ2v) is 13.6. The molecule has 0 aliphatic carbocycles. The third kappa shape index (κ3) is 4.35. The Morgan fingerprint density at radius 3 is 1.35 bits per heavy atom. The summed E-state index contributed by atoms with van der Waals surface area (Å²) in [6.07, 6.45) is 0. The van der Waals surface area contributed by atoms with Gasteiger partial charge in [-0.2, -0.15) is 0 Å². The molecule has 2 nitrogen and oxygen atoms in total. The molecule has 0 fully saturated rings. The summed E-state index contributed by atoms with van der Waals surface area (Å²) in [7, 11) is 12.3. The zero-order valence-corrected chi connectivity index (χ0v) is 12.8. The summed E-state index contributed by atoms with van der Waals surface area (Å²) in [6, 6.07) is 18.4. The van der Waals surface area contributed by atoms with Crippen LogP contribution < -0.4 is 5.63 Å². The summed E-state index contributed by atoms with van der Waals surface area (Å²) in [5.74, 6) is 1.26. The van der Waals surface area contributed by atoms with Crippen molar-refractivity contribution in [2.45, 2.75) is 0 Å². The van der Waals surface area contributed by atoms with E-state index in [0.29, 0.717) is 11.5 Å². The van der Waals surface area contributed by atoms with Crippen molar-refractivity contribution in [1.82, 2.24) is 0 Å². The molecule has 2 aromatic rings. The van der Waals surface area contributed by atoms with E-state index in [1.54, 1.807) is 24.3 Å². The third-order valence-electron chi connectivity index (χ3n) is 1.96. The molecule has 88 valence electrons. The molecule has 5 heteroatoms. The Labute approximate surface area is 113 Å². The Balaban J connectivity index is 2.04. The van der Waals surface area contributed by atoms with Crippen LogP contribution >= 0.6 is 17.0 Å². The Morgan fingerprint density at radius 1 is 0.647 bits per heavy atom. The van der Waals surface area contributed by atoms with E-state index in [1.165, 1.54) is 0 Å². The minimum absolute atomic E-state index is 0.629. The van der Waals surface area contributed by atoms with Gasteiger partial charge in [0.15, 0.2) is 0 Å². The first kappa shape index (κ1) is 12.9. The molecular weight excluding hydrogens is 338 g/mol. The molecular formula is C12H10Cl2O2Zr. The quantitative estimate of drug-likeness (QED) is 0.813. The summed E-state index contributed by atoms with van der Waals surface area (Å²) in [6.45, 7) is 0. The Kier molecular flexibility index (Phi) is 4.50. The van der Waals surface area contributed by atoms with Crippen molar-refractivity contribution >= 4 is 17.0 Å². The van der Waals surface area contributed by atoms with Gasteiger partial charge in [-0.3, -0.25) is 0 Å². The van der Waals surface area contributed by atoms with E-state index in [0.717, 1.165) is 0 Å². The summed E-state index contributed by atoms with van der Waals surface area (Å²) < 4.78 is 11.0. The van der Waals surface area contributed by atoms with Crippen LogP contribution in [0.15, 0.2) is 60.7 Å². The average Bonchev–Trinajstić information content (AvgIpc) is 2.30. The molecule has 0 heterocycles. The molecule has 17 heavy (non-hydrogen) atoms. The molecule has 0 aliphatic heterocycles. The van der Waals surface area contributed by atoms with Crippen LogP contribution in [-0.4, -0.2) is 0 Å². The first-order valence-electron chi connectivity index (χ1n) is 5.02. The fourth-order valence-electron chi connectivity index (χ4n) is 1.27. The summed E-state index contributed by atoms with van der Waals surface area (Å²) in [5.41, 5.74) is 0. The van der Waals surface area contributed by atoms with Crippen LogP contribution in [0.1, 0.15) is 0 Å². The van der Waals surface area contributed by atoms with Crippen molar-refractivity contribution in [3.05, 3.63) is 60.7 Å². The molecule has 0 bridgehead atoms. The third-order valence-corrected chi connectivity index (χ3v) is 6.11. The molecule has 0 atom stereocenters. The number of hydrogen-bond donors (Lipinski definition) is 0. The number of hydrogen-bond acceptors (Lipinski definition) is 2. The van der Waals surface area contributed by atoms with E-state index in [2.05, 4.69) is 0 Å². The molecule has 0 unspecified atom stereocenters. The van der Waals surface area contributed by atoms with Gasteiger partial charge in [-0.25, -0.2) is 0 Å². The Morgan fingerprint density at radius 2 is 1.00 bits per heavy atom. The maximum absolute atomic E-state index is 6.14. The summed E-state index contributed by atoms with van der Waals surface area (Å²) in [5, 5.41) is 0. The van der Waals surface area contributed by atoms with E-state index < -0.39 is 18.8 Å². The van der Waals surface area contributed by atoms with Crippen LogP contribution in [0.5, 0.6) is 11.5 Å². The molecule has 0 spiro atoms. The van der Waals surface area contributed by atoms with E-state index in [9.17, 15) is 0 Å². The zero-order chi connectivity index (χ0) is 12.1. The van der Waals surface area contributed by atoms with Gasteiger partial charge in [0.1, 0.15) is 0 Å². The first-order chi connectivity index (χ1) is 8.16. The van der Waals surface area contributed by atoms with Crippen molar-refractivity contribution in [3.63, 3.8) is 0 Å². The van der Waals surface area contributed by atoms with Crippen molar-refractivity contribution in [3.8, 4) is 11.5 Å². The second kappa shape index (κ2) is 5.90. The predicted octanol–water partition coefficient (Wildman–Crippen LogP) is 4.44. The van der Waals surface area contributed by atoms with Gasteiger partial charge in [0, 0.05) is 0 Å². The number of rotatable bonds is 4. The van der Waals surface area contributed by atoms with E-state index in [4.69, 9.17) is 22.7 Å². The van der Waals surface area contributed by atoms with Gasteiger partial charge >= 0.3 is 114 Å². The number of halogens is 2. The van der Waals surface area contributed by atoms with Crippen molar-refractivity contribution in [2.24, 2.45) is 0 Å². The first-order valence-corrected chi connectivity index (χ1v) is 13.4. The molecule has 0 amide bonds.